The maximum absolute atomic E-state index is 9.16. The maximum Gasteiger partial charge on any atom is 0.0991 e. The highest BCUT2D eigenvalue weighted by Gasteiger charge is 2.21. The molecule has 0 saturated heterocycles. The van der Waals surface area contributed by atoms with Crippen LogP contribution in [0.3, 0.4) is 0 Å². The molecule has 3 aromatic rings. The number of hydrogen-bond donors (Lipinski definition) is 3. The van der Waals surface area contributed by atoms with Crippen LogP contribution in [-0.4, -0.2) is 5.71 Å². The lowest BCUT2D eigenvalue weighted by Gasteiger charge is -2.27. The van der Waals surface area contributed by atoms with E-state index in [1.807, 2.05) is 42.5 Å². The summed E-state index contributed by atoms with van der Waals surface area (Å²) >= 11 is 0. The normalized spacial score (nSPS) is 14.8. The van der Waals surface area contributed by atoms with Gasteiger partial charge in [0.2, 0.25) is 0 Å². The lowest BCUT2D eigenvalue weighted by molar-refractivity contribution is 0.600. The lowest BCUT2D eigenvalue weighted by Crippen LogP contribution is -2.18. The number of nitrogens with one attached hydrogen (secondary N) is 2. The van der Waals surface area contributed by atoms with Gasteiger partial charge < -0.3 is 11.1 Å². The van der Waals surface area contributed by atoms with Crippen molar-refractivity contribution in [3.63, 3.8) is 0 Å². The molecule has 5 heteroatoms. The highest BCUT2D eigenvalue weighted by atomic mass is 14.9. The topological polar surface area (TPSA) is 109 Å². The monoisotopic (exact) mass is 391 g/mol. The second-order valence-electron chi connectivity index (χ2n) is 7.48. The second kappa shape index (κ2) is 8.11. The van der Waals surface area contributed by atoms with Crippen molar-refractivity contribution < 1.29 is 0 Å². The third kappa shape index (κ3) is 3.74. The zero-order valence-electron chi connectivity index (χ0n) is 16.4. The summed E-state index contributed by atoms with van der Waals surface area (Å²) in [5.41, 5.74) is 12.8. The Balaban J connectivity index is 1.63. The van der Waals surface area contributed by atoms with E-state index in [4.69, 9.17) is 21.7 Å². The molecule has 0 heterocycles. The summed E-state index contributed by atoms with van der Waals surface area (Å²) < 4.78 is 0. The first-order valence-corrected chi connectivity index (χ1v) is 9.87. The summed E-state index contributed by atoms with van der Waals surface area (Å²) in [6.45, 7) is 0. The molecule has 4 rings (SSSR count). The van der Waals surface area contributed by atoms with E-state index in [2.05, 4.69) is 17.5 Å². The fraction of sp³-hybridized carbons (Fsp3) is 0.160. The quantitative estimate of drug-likeness (QED) is 0.433. The molecule has 0 radical (unpaired) electrons. The molecule has 5 nitrogen and oxygen atoms in total. The number of nitriles is 2. The molecule has 0 aliphatic heterocycles. The van der Waals surface area contributed by atoms with Crippen molar-refractivity contribution >= 4 is 17.1 Å². The van der Waals surface area contributed by atoms with Crippen LogP contribution in [-0.2, 0) is 6.42 Å². The Hall–Kier alpha value is -4.09. The first kappa shape index (κ1) is 19.2. The number of benzene rings is 3. The van der Waals surface area contributed by atoms with Gasteiger partial charge in [0.1, 0.15) is 0 Å². The van der Waals surface area contributed by atoms with E-state index in [1.54, 1.807) is 18.2 Å². The van der Waals surface area contributed by atoms with Crippen molar-refractivity contribution in [2.45, 2.75) is 25.3 Å². The van der Waals surface area contributed by atoms with Gasteiger partial charge in [0.15, 0.2) is 0 Å². The number of aryl methyl sites for hydroxylation is 1. The number of nitrogens with two attached hydrogens (primary N) is 1. The number of fused-ring (bicyclic) bond motifs is 1. The zero-order chi connectivity index (χ0) is 21.1. The maximum atomic E-state index is 9.16. The minimum atomic E-state index is 0.147. The molecule has 1 atom stereocenters. The van der Waals surface area contributed by atoms with Gasteiger partial charge in [-0.25, -0.2) is 0 Å². The van der Waals surface area contributed by atoms with Crippen molar-refractivity contribution in [2.75, 3.05) is 11.1 Å². The van der Waals surface area contributed by atoms with Crippen LogP contribution in [0.1, 0.15) is 52.3 Å². The largest absolute Gasteiger partial charge is 0.398 e. The van der Waals surface area contributed by atoms with Crippen LogP contribution in [0.4, 0.5) is 11.4 Å². The predicted molar refractivity (Wildman–Crippen MR) is 118 cm³/mol. The Morgan fingerprint density at radius 2 is 1.80 bits per heavy atom. The van der Waals surface area contributed by atoms with Crippen molar-refractivity contribution in [3.8, 4) is 12.1 Å². The average molecular weight is 391 g/mol. The zero-order valence-corrected chi connectivity index (χ0v) is 16.4. The first-order chi connectivity index (χ1) is 14.6. The van der Waals surface area contributed by atoms with E-state index in [9.17, 15) is 0 Å². The van der Waals surface area contributed by atoms with E-state index >= 15 is 0 Å². The summed E-state index contributed by atoms with van der Waals surface area (Å²) in [6.07, 6.45) is 3.04. The molecule has 1 aliphatic carbocycles. The van der Waals surface area contributed by atoms with Gasteiger partial charge in [0.25, 0.3) is 0 Å². The van der Waals surface area contributed by atoms with Gasteiger partial charge in [-0.1, -0.05) is 18.2 Å². The van der Waals surface area contributed by atoms with Gasteiger partial charge in [-0.2, -0.15) is 10.5 Å². The molecule has 0 bridgehead atoms. The molecule has 0 amide bonds. The third-order valence-electron chi connectivity index (χ3n) is 5.53. The summed E-state index contributed by atoms with van der Waals surface area (Å²) in [7, 11) is 0. The first-order valence-electron chi connectivity index (χ1n) is 9.87. The van der Waals surface area contributed by atoms with Crippen molar-refractivity contribution in [3.05, 3.63) is 94.0 Å². The van der Waals surface area contributed by atoms with Crippen LogP contribution in [0.15, 0.2) is 60.7 Å². The van der Waals surface area contributed by atoms with Crippen LogP contribution in [0, 0.1) is 28.1 Å². The smallest absolute Gasteiger partial charge is 0.0991 e. The Morgan fingerprint density at radius 3 is 2.60 bits per heavy atom. The van der Waals surface area contributed by atoms with Gasteiger partial charge in [-0.15, -0.1) is 0 Å². The average Bonchev–Trinajstić information content (AvgIpc) is 2.79. The van der Waals surface area contributed by atoms with Crippen LogP contribution >= 0.6 is 0 Å². The minimum Gasteiger partial charge on any atom is -0.398 e. The molecule has 1 unspecified atom stereocenters. The molecule has 30 heavy (non-hydrogen) atoms. The van der Waals surface area contributed by atoms with E-state index < -0.39 is 0 Å². The molecule has 4 N–H and O–H groups in total. The van der Waals surface area contributed by atoms with Gasteiger partial charge in [-0.05, 0) is 72.9 Å². The van der Waals surface area contributed by atoms with E-state index in [-0.39, 0.29) is 11.8 Å². The molecule has 0 aromatic heterocycles. The summed E-state index contributed by atoms with van der Waals surface area (Å²) in [5, 5.41) is 30.5. The molecular weight excluding hydrogens is 370 g/mol. The Labute approximate surface area is 175 Å². The highest BCUT2D eigenvalue weighted by Crippen LogP contribution is 2.34. The van der Waals surface area contributed by atoms with Crippen LogP contribution in [0.25, 0.3) is 0 Å². The van der Waals surface area contributed by atoms with Gasteiger partial charge >= 0.3 is 0 Å². The Bertz CT molecular complexity index is 1210. The van der Waals surface area contributed by atoms with Gasteiger partial charge in [0.05, 0.1) is 35.0 Å². The second-order valence-corrected chi connectivity index (χ2v) is 7.48. The molecular formula is C25H21N5. The summed E-state index contributed by atoms with van der Waals surface area (Å²) in [5.74, 6) is 0. The van der Waals surface area contributed by atoms with Gasteiger partial charge in [-0.3, -0.25) is 5.41 Å². The van der Waals surface area contributed by atoms with Crippen molar-refractivity contribution in [2.24, 2.45) is 0 Å². The minimum absolute atomic E-state index is 0.147. The summed E-state index contributed by atoms with van der Waals surface area (Å²) in [4.78, 5) is 0. The Morgan fingerprint density at radius 1 is 1.00 bits per heavy atom. The molecule has 3 aromatic carbocycles. The van der Waals surface area contributed by atoms with Crippen LogP contribution in [0.2, 0.25) is 0 Å². The molecule has 0 fully saturated rings. The van der Waals surface area contributed by atoms with E-state index in [0.29, 0.717) is 27.9 Å². The number of anilines is 2. The fourth-order valence-corrected chi connectivity index (χ4v) is 4.00. The number of nitrogen functional groups attached to an aromatic ring is 1. The number of hydrogen-bond acceptors (Lipinski definition) is 5. The molecule has 1 aliphatic rings. The number of nitrogens with zero attached hydrogens (tertiary/aromatic N) is 2. The summed E-state index contributed by atoms with van der Waals surface area (Å²) in [6, 6.07) is 23.0. The lowest BCUT2D eigenvalue weighted by atomic mass is 9.86. The fourth-order valence-electron chi connectivity index (χ4n) is 4.00. The van der Waals surface area contributed by atoms with E-state index in [0.717, 1.165) is 24.9 Å². The van der Waals surface area contributed by atoms with Crippen LogP contribution < -0.4 is 11.1 Å². The van der Waals surface area contributed by atoms with Crippen molar-refractivity contribution in [1.82, 2.24) is 0 Å². The highest BCUT2D eigenvalue weighted by molar-refractivity contribution is 6.14. The third-order valence-corrected chi connectivity index (χ3v) is 5.53. The number of rotatable bonds is 4. The molecule has 146 valence electrons. The van der Waals surface area contributed by atoms with E-state index in [1.165, 1.54) is 11.1 Å². The van der Waals surface area contributed by atoms with Gasteiger partial charge in [0, 0.05) is 22.5 Å². The predicted octanol–water partition coefficient (Wildman–Crippen LogP) is 4.92. The van der Waals surface area contributed by atoms with Crippen molar-refractivity contribution in [1.29, 1.82) is 15.9 Å². The standard InChI is InChI=1S/C25H21N5/c26-14-16-3-1-5-19(12-16)25(29)22-13-20(8-10-23(22)28)30-24-6-2-4-18-11-17(15-27)7-9-21(18)24/h1,3,5,7-13,24,29-30H,2,4,6,28H2. The Kier molecular flexibility index (Phi) is 5.20. The van der Waals surface area contributed by atoms with Crippen LogP contribution in [0.5, 0.6) is 0 Å². The molecule has 0 spiro atoms. The molecule has 0 saturated carbocycles. The SMILES string of the molecule is N#Cc1cccc(C(=N)c2cc(NC3CCCc4cc(C#N)ccc43)ccc2N)c1.